The van der Waals surface area contributed by atoms with Crippen LogP contribution in [-0.4, -0.2) is 30.1 Å². The van der Waals surface area contributed by atoms with Crippen molar-refractivity contribution in [1.29, 1.82) is 0 Å². The molecule has 1 aliphatic heterocycles. The topological polar surface area (TPSA) is 105 Å². The van der Waals surface area contributed by atoms with Crippen LogP contribution in [0.25, 0.3) is 6.08 Å². The summed E-state index contributed by atoms with van der Waals surface area (Å²) in [5.74, 6) is -0.156. The van der Waals surface area contributed by atoms with Gasteiger partial charge in [0, 0.05) is 11.6 Å². The average molecular weight is 397 g/mol. The van der Waals surface area contributed by atoms with Gasteiger partial charge in [-0.3, -0.25) is 14.9 Å². The summed E-state index contributed by atoms with van der Waals surface area (Å²) in [6, 6.07) is 9.74. The molecule has 0 saturated heterocycles. The highest BCUT2D eigenvalue weighted by molar-refractivity contribution is 5.99. The monoisotopic (exact) mass is 397 g/mol. The lowest BCUT2D eigenvalue weighted by Crippen LogP contribution is -2.12. The summed E-state index contributed by atoms with van der Waals surface area (Å²) in [7, 11) is 0. The summed E-state index contributed by atoms with van der Waals surface area (Å²) in [6.07, 6.45) is 2.27. The van der Waals surface area contributed by atoms with Crippen molar-refractivity contribution in [3.05, 3.63) is 69.3 Å². The van der Waals surface area contributed by atoms with E-state index < -0.39 is 17.5 Å². The molecule has 150 valence electrons. The fraction of sp³-hybridized carbons (Fsp3) is 0.238. The summed E-state index contributed by atoms with van der Waals surface area (Å²) >= 11 is 0. The second kappa shape index (κ2) is 8.55. The lowest BCUT2D eigenvalue weighted by molar-refractivity contribution is -0.385. The Hall–Kier alpha value is -3.68. The zero-order chi connectivity index (χ0) is 21.0. The third kappa shape index (κ3) is 4.78. The van der Waals surface area contributed by atoms with Gasteiger partial charge in [0.25, 0.3) is 5.69 Å². The van der Waals surface area contributed by atoms with Crippen LogP contribution < -0.4 is 9.47 Å². The molecule has 3 rings (SSSR count). The summed E-state index contributed by atoms with van der Waals surface area (Å²) in [4.78, 5) is 34.7. The van der Waals surface area contributed by atoms with Crippen LogP contribution in [-0.2, 0) is 9.53 Å². The van der Waals surface area contributed by atoms with E-state index in [2.05, 4.69) is 13.8 Å². The van der Waals surface area contributed by atoms with Gasteiger partial charge in [-0.1, -0.05) is 38.1 Å². The standard InChI is InChI=1S/C21H19NO7/c1-13(2)14-3-5-15(6-4-14)18(23)11-27-21(24)8-7-16-9-19-20(29-12-28-19)10-17(16)22(25)26/h3-10,13H,11-12H2,1-2H3/b8-7+. The van der Waals surface area contributed by atoms with Crippen LogP contribution in [0.3, 0.4) is 0 Å². The van der Waals surface area contributed by atoms with E-state index in [1.54, 1.807) is 12.1 Å². The molecule has 0 radical (unpaired) electrons. The molecular formula is C21H19NO7. The van der Waals surface area contributed by atoms with Crippen molar-refractivity contribution < 1.29 is 28.7 Å². The van der Waals surface area contributed by atoms with Crippen molar-refractivity contribution in [3.8, 4) is 11.5 Å². The second-order valence-corrected chi connectivity index (χ2v) is 6.66. The molecule has 0 unspecified atom stereocenters. The number of hydrogen-bond acceptors (Lipinski definition) is 7. The number of ether oxygens (including phenoxy) is 3. The lowest BCUT2D eigenvalue weighted by Gasteiger charge is -2.06. The molecular weight excluding hydrogens is 378 g/mol. The smallest absolute Gasteiger partial charge is 0.331 e. The lowest BCUT2D eigenvalue weighted by atomic mass is 10.0. The Morgan fingerprint density at radius 3 is 2.45 bits per heavy atom. The van der Waals surface area contributed by atoms with Crippen LogP contribution in [0.15, 0.2) is 42.5 Å². The number of esters is 1. The molecule has 2 aromatic rings. The highest BCUT2D eigenvalue weighted by Crippen LogP contribution is 2.38. The van der Waals surface area contributed by atoms with Crippen molar-refractivity contribution in [2.45, 2.75) is 19.8 Å². The first-order valence-electron chi connectivity index (χ1n) is 8.91. The van der Waals surface area contributed by atoms with Gasteiger partial charge in [0.2, 0.25) is 6.79 Å². The fourth-order valence-corrected chi connectivity index (χ4v) is 2.72. The zero-order valence-electron chi connectivity index (χ0n) is 15.9. The van der Waals surface area contributed by atoms with Crippen LogP contribution in [0.5, 0.6) is 11.5 Å². The number of nitrogens with zero attached hydrogens (tertiary/aromatic N) is 1. The third-order valence-corrected chi connectivity index (χ3v) is 4.36. The molecule has 8 nitrogen and oxygen atoms in total. The molecule has 0 amide bonds. The van der Waals surface area contributed by atoms with E-state index in [1.165, 1.54) is 18.2 Å². The predicted molar refractivity (Wildman–Crippen MR) is 104 cm³/mol. The first-order chi connectivity index (χ1) is 13.8. The molecule has 29 heavy (non-hydrogen) atoms. The molecule has 1 aliphatic rings. The molecule has 0 aliphatic carbocycles. The number of ketones is 1. The molecule has 0 atom stereocenters. The highest BCUT2D eigenvalue weighted by Gasteiger charge is 2.22. The number of rotatable bonds is 7. The van der Waals surface area contributed by atoms with E-state index >= 15 is 0 Å². The predicted octanol–water partition coefficient (Wildman–Crippen LogP) is 3.89. The van der Waals surface area contributed by atoms with Gasteiger partial charge in [-0.2, -0.15) is 0 Å². The highest BCUT2D eigenvalue weighted by atomic mass is 16.7. The maximum atomic E-state index is 12.2. The number of Topliss-reactive ketones (excluding diaryl/α,β-unsaturated/α-hetero) is 1. The van der Waals surface area contributed by atoms with Crippen LogP contribution in [0.1, 0.15) is 41.3 Å². The number of benzene rings is 2. The maximum Gasteiger partial charge on any atom is 0.331 e. The molecule has 0 N–H and O–H groups in total. The van der Waals surface area contributed by atoms with Gasteiger partial charge in [0.15, 0.2) is 23.9 Å². The van der Waals surface area contributed by atoms with Gasteiger partial charge >= 0.3 is 5.97 Å². The number of nitro benzene ring substituents is 1. The molecule has 8 heteroatoms. The Kier molecular flexibility index (Phi) is 5.92. The Labute approximate surface area is 166 Å². The van der Waals surface area contributed by atoms with Gasteiger partial charge in [-0.25, -0.2) is 4.79 Å². The summed E-state index contributed by atoms with van der Waals surface area (Å²) in [5.41, 5.74) is 1.47. The van der Waals surface area contributed by atoms with E-state index in [4.69, 9.17) is 14.2 Å². The van der Waals surface area contributed by atoms with Crippen LogP contribution >= 0.6 is 0 Å². The number of carbonyl (C=O) groups excluding carboxylic acids is 2. The number of nitro groups is 1. The van der Waals surface area contributed by atoms with Crippen molar-refractivity contribution in [1.82, 2.24) is 0 Å². The fourth-order valence-electron chi connectivity index (χ4n) is 2.72. The summed E-state index contributed by atoms with van der Waals surface area (Å²) in [6.45, 7) is 3.65. The minimum absolute atomic E-state index is 0.0258. The van der Waals surface area contributed by atoms with Crippen LogP contribution in [0.4, 0.5) is 5.69 Å². The zero-order valence-corrected chi connectivity index (χ0v) is 15.9. The number of fused-ring (bicyclic) bond motifs is 1. The third-order valence-electron chi connectivity index (χ3n) is 4.36. The minimum atomic E-state index is -0.788. The molecule has 0 spiro atoms. The SMILES string of the molecule is CC(C)c1ccc(C(=O)COC(=O)/C=C/c2cc3c(cc2[N+](=O)[O-])OCO3)cc1. The van der Waals surface area contributed by atoms with Gasteiger partial charge in [0.1, 0.15) is 0 Å². The van der Waals surface area contributed by atoms with E-state index in [9.17, 15) is 19.7 Å². The van der Waals surface area contributed by atoms with E-state index in [0.717, 1.165) is 11.6 Å². The number of hydrogen-bond donors (Lipinski definition) is 0. The first-order valence-corrected chi connectivity index (χ1v) is 8.91. The van der Waals surface area contributed by atoms with Crippen molar-refractivity contribution >= 4 is 23.5 Å². The molecule has 0 bridgehead atoms. The molecule has 2 aromatic carbocycles. The molecule has 0 saturated carbocycles. The Balaban J connectivity index is 1.63. The molecule has 1 heterocycles. The van der Waals surface area contributed by atoms with Gasteiger partial charge in [-0.15, -0.1) is 0 Å². The van der Waals surface area contributed by atoms with Crippen LogP contribution in [0, 0.1) is 10.1 Å². The second-order valence-electron chi connectivity index (χ2n) is 6.66. The van der Waals surface area contributed by atoms with Gasteiger partial charge < -0.3 is 14.2 Å². The Morgan fingerprint density at radius 1 is 1.17 bits per heavy atom. The van der Waals surface area contributed by atoms with E-state index in [-0.39, 0.29) is 29.6 Å². The number of carbonyl (C=O) groups is 2. The van der Waals surface area contributed by atoms with E-state index in [1.807, 2.05) is 12.1 Å². The van der Waals surface area contributed by atoms with E-state index in [0.29, 0.717) is 17.2 Å². The quantitative estimate of drug-likeness (QED) is 0.229. The average Bonchev–Trinajstić information content (AvgIpc) is 3.17. The molecule has 0 fully saturated rings. The normalized spacial score (nSPS) is 12.4. The molecule has 0 aromatic heterocycles. The van der Waals surface area contributed by atoms with Gasteiger partial charge in [0.05, 0.1) is 16.6 Å². The summed E-state index contributed by atoms with van der Waals surface area (Å²) < 4.78 is 15.3. The van der Waals surface area contributed by atoms with Crippen molar-refractivity contribution in [2.75, 3.05) is 13.4 Å². The maximum absolute atomic E-state index is 12.2. The first kappa shape index (κ1) is 20.1. The van der Waals surface area contributed by atoms with Gasteiger partial charge in [-0.05, 0) is 23.6 Å². The minimum Gasteiger partial charge on any atom is -0.454 e. The van der Waals surface area contributed by atoms with Crippen LogP contribution in [0.2, 0.25) is 0 Å². The van der Waals surface area contributed by atoms with Crippen molar-refractivity contribution in [3.63, 3.8) is 0 Å². The Bertz CT molecular complexity index is 977. The summed E-state index contributed by atoms with van der Waals surface area (Å²) in [5, 5.41) is 11.2. The largest absolute Gasteiger partial charge is 0.454 e. The Morgan fingerprint density at radius 2 is 1.83 bits per heavy atom. The van der Waals surface area contributed by atoms with Crippen molar-refractivity contribution in [2.24, 2.45) is 0 Å².